The second kappa shape index (κ2) is 12.2. The zero-order valence-electron chi connectivity index (χ0n) is 19.1. The minimum atomic E-state index is -0.921. The quantitative estimate of drug-likeness (QED) is 0.409. The monoisotopic (exact) mass is 459 g/mol. The molecule has 0 saturated carbocycles. The largest absolute Gasteiger partial charge is 0.489 e. The van der Waals surface area contributed by atoms with Crippen LogP contribution in [0.5, 0.6) is 5.75 Å². The molecule has 0 fully saturated rings. The van der Waals surface area contributed by atoms with Gasteiger partial charge in [-0.05, 0) is 28.8 Å². The average Bonchev–Trinajstić information content (AvgIpc) is 2.83. The van der Waals surface area contributed by atoms with E-state index in [1.807, 2.05) is 84.9 Å². The van der Waals surface area contributed by atoms with Crippen molar-refractivity contribution in [2.24, 2.45) is 5.73 Å². The third-order valence-electron chi connectivity index (χ3n) is 5.25. The lowest BCUT2D eigenvalue weighted by atomic mass is 10.0. The van der Waals surface area contributed by atoms with E-state index in [1.165, 1.54) is 6.92 Å². The molecule has 7 nitrogen and oxygen atoms in total. The molecule has 2 atom stereocenters. The van der Waals surface area contributed by atoms with Crippen molar-refractivity contribution in [3.05, 3.63) is 102 Å². The molecule has 3 aromatic rings. The number of benzene rings is 3. The Morgan fingerprint density at radius 3 is 1.82 bits per heavy atom. The molecule has 3 rings (SSSR count). The van der Waals surface area contributed by atoms with Crippen molar-refractivity contribution in [1.29, 1.82) is 0 Å². The Balaban J connectivity index is 1.61. The first-order valence-electron chi connectivity index (χ1n) is 11.1. The summed E-state index contributed by atoms with van der Waals surface area (Å²) in [6.07, 6.45) is 0.517. The molecule has 34 heavy (non-hydrogen) atoms. The Bertz CT molecular complexity index is 1090. The minimum Gasteiger partial charge on any atom is -0.489 e. The van der Waals surface area contributed by atoms with Crippen molar-refractivity contribution in [3.8, 4) is 5.75 Å². The zero-order chi connectivity index (χ0) is 24.3. The average molecular weight is 460 g/mol. The second-order valence-electron chi connectivity index (χ2n) is 8.03. The molecule has 0 heterocycles. The highest BCUT2D eigenvalue weighted by Crippen LogP contribution is 2.15. The van der Waals surface area contributed by atoms with Crippen LogP contribution >= 0.6 is 0 Å². The van der Waals surface area contributed by atoms with E-state index in [-0.39, 0.29) is 12.3 Å². The van der Waals surface area contributed by atoms with E-state index in [1.54, 1.807) is 0 Å². The Hall–Kier alpha value is -4.13. The fraction of sp³-hybridized carbons (Fsp3) is 0.222. The minimum absolute atomic E-state index is 0.220. The number of carbonyl (C=O) groups excluding carboxylic acids is 3. The zero-order valence-corrected chi connectivity index (χ0v) is 19.1. The summed E-state index contributed by atoms with van der Waals surface area (Å²) in [5.41, 5.74) is 8.33. The summed E-state index contributed by atoms with van der Waals surface area (Å²) in [6, 6.07) is 24.7. The molecular formula is C27H29N3O4. The van der Waals surface area contributed by atoms with Gasteiger partial charge in [0.05, 0.1) is 0 Å². The molecule has 4 N–H and O–H groups in total. The summed E-state index contributed by atoms with van der Waals surface area (Å²) >= 11 is 0. The van der Waals surface area contributed by atoms with Crippen LogP contribution in [-0.2, 0) is 33.8 Å². The topological polar surface area (TPSA) is 111 Å². The van der Waals surface area contributed by atoms with Gasteiger partial charge >= 0.3 is 0 Å². The van der Waals surface area contributed by atoms with E-state index in [0.29, 0.717) is 18.8 Å². The number of primary amides is 1. The Kier molecular flexibility index (Phi) is 8.80. The molecule has 0 spiro atoms. The third-order valence-corrected chi connectivity index (χ3v) is 5.25. The van der Waals surface area contributed by atoms with Crippen molar-refractivity contribution in [3.63, 3.8) is 0 Å². The van der Waals surface area contributed by atoms with Crippen molar-refractivity contribution in [2.75, 3.05) is 0 Å². The molecule has 3 amide bonds. The number of carbonyl (C=O) groups is 3. The molecular weight excluding hydrogens is 430 g/mol. The van der Waals surface area contributed by atoms with Gasteiger partial charge in [0.15, 0.2) is 0 Å². The van der Waals surface area contributed by atoms with Crippen LogP contribution in [-0.4, -0.2) is 29.8 Å². The molecule has 0 radical (unpaired) electrons. The molecule has 0 aliphatic rings. The van der Waals surface area contributed by atoms with Gasteiger partial charge in [0, 0.05) is 19.8 Å². The van der Waals surface area contributed by atoms with Gasteiger partial charge in [-0.15, -0.1) is 0 Å². The summed E-state index contributed by atoms with van der Waals surface area (Å²) in [4.78, 5) is 36.6. The van der Waals surface area contributed by atoms with Crippen LogP contribution in [0.25, 0.3) is 0 Å². The molecule has 0 unspecified atom stereocenters. The van der Waals surface area contributed by atoms with Crippen molar-refractivity contribution < 1.29 is 19.1 Å². The van der Waals surface area contributed by atoms with E-state index in [0.717, 1.165) is 16.7 Å². The smallest absolute Gasteiger partial charge is 0.243 e. The van der Waals surface area contributed by atoms with Crippen LogP contribution in [0.15, 0.2) is 84.9 Å². The molecule has 0 saturated heterocycles. The van der Waals surface area contributed by atoms with Crippen LogP contribution in [0.2, 0.25) is 0 Å². The lowest BCUT2D eigenvalue weighted by Crippen LogP contribution is -2.54. The standard InChI is InChI=1S/C27H29N3O4/c1-19(31)29-25(17-20-8-4-2-5-9-20)27(33)30-24(26(28)32)16-21-12-14-23(15-13-21)34-18-22-10-6-3-7-11-22/h2-15,24-25H,16-18H2,1H3,(H2,28,32)(H,29,31)(H,30,33)/t24-,25+/m1/s1. The maximum atomic E-state index is 12.9. The molecule has 7 heteroatoms. The molecule has 0 aliphatic carbocycles. The SMILES string of the molecule is CC(=O)N[C@@H](Cc1ccccc1)C(=O)N[C@H](Cc1ccc(OCc2ccccc2)cc1)C(N)=O. The number of rotatable bonds is 11. The third kappa shape index (κ3) is 7.78. The predicted octanol–water partition coefficient (Wildman–Crippen LogP) is 2.53. The summed E-state index contributed by atoms with van der Waals surface area (Å²) in [6.45, 7) is 1.80. The summed E-state index contributed by atoms with van der Waals surface area (Å²) in [5, 5.41) is 5.34. The lowest BCUT2D eigenvalue weighted by molar-refractivity contribution is -0.130. The van der Waals surface area contributed by atoms with Crippen LogP contribution in [0.4, 0.5) is 0 Å². The molecule has 176 valence electrons. The first-order valence-corrected chi connectivity index (χ1v) is 11.1. The number of hydrogen-bond donors (Lipinski definition) is 3. The fourth-order valence-corrected chi connectivity index (χ4v) is 3.50. The van der Waals surface area contributed by atoms with Crippen LogP contribution in [0.1, 0.15) is 23.6 Å². The molecule has 0 bridgehead atoms. The van der Waals surface area contributed by atoms with E-state index >= 15 is 0 Å². The Labute approximate surface area is 199 Å². The lowest BCUT2D eigenvalue weighted by Gasteiger charge is -2.22. The highest BCUT2D eigenvalue weighted by Gasteiger charge is 2.25. The van der Waals surface area contributed by atoms with Gasteiger partial charge in [0.25, 0.3) is 0 Å². The molecule has 0 aromatic heterocycles. The van der Waals surface area contributed by atoms with Crippen LogP contribution in [0, 0.1) is 0 Å². The van der Waals surface area contributed by atoms with Crippen molar-refractivity contribution >= 4 is 17.7 Å². The highest BCUT2D eigenvalue weighted by atomic mass is 16.5. The Morgan fingerprint density at radius 2 is 1.26 bits per heavy atom. The van der Waals surface area contributed by atoms with Gasteiger partial charge in [-0.1, -0.05) is 72.8 Å². The van der Waals surface area contributed by atoms with Gasteiger partial charge in [0.2, 0.25) is 17.7 Å². The van der Waals surface area contributed by atoms with Gasteiger partial charge in [-0.3, -0.25) is 14.4 Å². The highest BCUT2D eigenvalue weighted by molar-refractivity contribution is 5.91. The maximum absolute atomic E-state index is 12.9. The summed E-state index contributed by atoms with van der Waals surface area (Å²) < 4.78 is 5.79. The van der Waals surface area contributed by atoms with Crippen LogP contribution < -0.4 is 21.1 Å². The number of hydrogen-bond acceptors (Lipinski definition) is 4. The van der Waals surface area contributed by atoms with Gasteiger partial charge in [0.1, 0.15) is 24.4 Å². The van der Waals surface area contributed by atoms with Gasteiger partial charge in [-0.2, -0.15) is 0 Å². The van der Waals surface area contributed by atoms with Crippen molar-refractivity contribution in [2.45, 2.75) is 38.5 Å². The maximum Gasteiger partial charge on any atom is 0.243 e. The Morgan fingerprint density at radius 1 is 0.735 bits per heavy atom. The van der Waals surface area contributed by atoms with Gasteiger partial charge in [-0.25, -0.2) is 0 Å². The summed E-state index contributed by atoms with van der Waals surface area (Å²) in [5.74, 6) is -0.761. The molecule has 0 aliphatic heterocycles. The van der Waals surface area contributed by atoms with Crippen molar-refractivity contribution in [1.82, 2.24) is 10.6 Å². The van der Waals surface area contributed by atoms with E-state index in [2.05, 4.69) is 10.6 Å². The molecule has 3 aromatic carbocycles. The number of nitrogens with two attached hydrogens (primary N) is 1. The number of amides is 3. The van der Waals surface area contributed by atoms with E-state index in [9.17, 15) is 14.4 Å². The van der Waals surface area contributed by atoms with Crippen LogP contribution in [0.3, 0.4) is 0 Å². The number of ether oxygens (including phenoxy) is 1. The normalized spacial score (nSPS) is 12.3. The number of nitrogens with one attached hydrogen (secondary N) is 2. The van der Waals surface area contributed by atoms with Gasteiger partial charge < -0.3 is 21.1 Å². The first kappa shape index (κ1) is 24.5. The second-order valence-corrected chi connectivity index (χ2v) is 8.03. The first-order chi connectivity index (χ1) is 16.4. The fourth-order valence-electron chi connectivity index (χ4n) is 3.50. The summed E-state index contributed by atoms with van der Waals surface area (Å²) in [7, 11) is 0. The van der Waals surface area contributed by atoms with E-state index in [4.69, 9.17) is 10.5 Å². The van der Waals surface area contributed by atoms with E-state index < -0.39 is 23.9 Å². The predicted molar refractivity (Wildman–Crippen MR) is 130 cm³/mol.